The number of carbonyl (C=O) groups excluding carboxylic acids is 2. The van der Waals surface area contributed by atoms with Crippen LogP contribution in [-0.4, -0.2) is 27.2 Å². The van der Waals surface area contributed by atoms with Crippen molar-refractivity contribution in [2.24, 2.45) is 0 Å². The molecule has 1 atom stereocenters. The smallest absolute Gasteiger partial charge is 0.249 e. The van der Waals surface area contributed by atoms with Gasteiger partial charge in [-0.25, -0.2) is 9.37 Å². The molecule has 3 rings (SSSR count). The Bertz CT molecular complexity index is 728. The lowest BCUT2D eigenvalue weighted by molar-refractivity contribution is -0.135. The van der Waals surface area contributed by atoms with Crippen LogP contribution >= 0.6 is 11.6 Å². The molecule has 1 fully saturated rings. The van der Waals surface area contributed by atoms with Crippen LogP contribution in [0.25, 0.3) is 11.0 Å². The van der Waals surface area contributed by atoms with E-state index >= 15 is 0 Å². The van der Waals surface area contributed by atoms with Crippen molar-refractivity contribution in [3.05, 3.63) is 29.8 Å². The summed E-state index contributed by atoms with van der Waals surface area (Å²) in [6.07, 6.45) is 1.06. The van der Waals surface area contributed by atoms with E-state index in [2.05, 4.69) is 10.3 Å². The number of nitrogens with zero attached hydrogens (tertiary/aromatic N) is 2. The van der Waals surface area contributed by atoms with Crippen LogP contribution in [0.1, 0.15) is 24.7 Å². The zero-order valence-electron chi connectivity index (χ0n) is 11.1. The molecule has 7 heteroatoms. The van der Waals surface area contributed by atoms with Gasteiger partial charge >= 0.3 is 0 Å². The number of hydrogen-bond donors (Lipinski definition) is 1. The van der Waals surface area contributed by atoms with E-state index in [9.17, 15) is 14.0 Å². The first-order valence-corrected chi connectivity index (χ1v) is 7.20. The van der Waals surface area contributed by atoms with E-state index in [0.717, 1.165) is 0 Å². The average molecular weight is 310 g/mol. The lowest BCUT2D eigenvalue weighted by Gasteiger charge is -2.24. The first-order valence-electron chi connectivity index (χ1n) is 6.67. The van der Waals surface area contributed by atoms with Crippen LogP contribution in [0.2, 0.25) is 0 Å². The van der Waals surface area contributed by atoms with Crippen molar-refractivity contribution in [2.75, 3.05) is 5.88 Å². The number of carbonyl (C=O) groups is 2. The van der Waals surface area contributed by atoms with Gasteiger partial charge in [0.25, 0.3) is 0 Å². The summed E-state index contributed by atoms with van der Waals surface area (Å²) in [6.45, 7) is 0. The Morgan fingerprint density at radius 3 is 2.95 bits per heavy atom. The zero-order chi connectivity index (χ0) is 15.0. The summed E-state index contributed by atoms with van der Waals surface area (Å²) in [7, 11) is 0. The van der Waals surface area contributed by atoms with E-state index in [1.807, 2.05) is 0 Å². The van der Waals surface area contributed by atoms with Gasteiger partial charge in [0, 0.05) is 18.7 Å². The summed E-state index contributed by atoms with van der Waals surface area (Å²) in [6, 6.07) is 4.06. The van der Waals surface area contributed by atoms with Crippen LogP contribution in [0, 0.1) is 5.82 Å². The SMILES string of the molecule is O=C1CCC(n2c(CCCl)nc3c(F)cccc32)C(=O)N1. The Hall–Kier alpha value is -1.95. The van der Waals surface area contributed by atoms with Crippen molar-refractivity contribution in [1.82, 2.24) is 14.9 Å². The monoisotopic (exact) mass is 309 g/mol. The number of nitrogens with one attached hydrogen (secondary N) is 1. The van der Waals surface area contributed by atoms with Crippen molar-refractivity contribution >= 4 is 34.4 Å². The van der Waals surface area contributed by atoms with Gasteiger partial charge in [-0.15, -0.1) is 11.6 Å². The van der Waals surface area contributed by atoms with Gasteiger partial charge in [-0.3, -0.25) is 14.9 Å². The molecule has 5 nitrogen and oxygen atoms in total. The number of amides is 2. The molecular weight excluding hydrogens is 297 g/mol. The summed E-state index contributed by atoms with van der Waals surface area (Å²) < 4.78 is 15.6. The number of aryl methyl sites for hydroxylation is 1. The van der Waals surface area contributed by atoms with Gasteiger partial charge in [0.15, 0.2) is 5.82 Å². The standard InChI is InChI=1S/C14H13ClFN3O2/c15-7-6-11-17-13-8(16)2-1-3-9(13)19(11)10-4-5-12(20)18-14(10)21/h1-3,10H,4-7H2,(H,18,20,21). The number of rotatable bonds is 3. The van der Waals surface area contributed by atoms with Gasteiger partial charge in [0.05, 0.1) is 5.52 Å². The molecule has 21 heavy (non-hydrogen) atoms. The van der Waals surface area contributed by atoms with Gasteiger partial charge in [0.2, 0.25) is 11.8 Å². The van der Waals surface area contributed by atoms with Crippen LogP contribution in [0.4, 0.5) is 4.39 Å². The lowest BCUT2D eigenvalue weighted by Crippen LogP contribution is -2.42. The predicted octanol–water partition coefficient (Wildman–Crippen LogP) is 1.93. The summed E-state index contributed by atoms with van der Waals surface area (Å²) in [5.74, 6) is -0.233. The molecule has 1 unspecified atom stereocenters. The molecule has 0 radical (unpaired) electrons. The topological polar surface area (TPSA) is 64.0 Å². The quantitative estimate of drug-likeness (QED) is 0.696. The molecule has 1 aliphatic heterocycles. The lowest BCUT2D eigenvalue weighted by atomic mass is 10.1. The molecule has 0 bridgehead atoms. The van der Waals surface area contributed by atoms with Crippen LogP contribution in [0.5, 0.6) is 0 Å². The van der Waals surface area contributed by atoms with Crippen LogP contribution in [0.15, 0.2) is 18.2 Å². The number of benzene rings is 1. The molecule has 0 saturated carbocycles. The molecule has 0 aliphatic carbocycles. The second-order valence-electron chi connectivity index (χ2n) is 4.91. The third-order valence-corrected chi connectivity index (χ3v) is 3.77. The average Bonchev–Trinajstić information content (AvgIpc) is 2.79. The van der Waals surface area contributed by atoms with Gasteiger partial charge < -0.3 is 4.57 Å². The van der Waals surface area contributed by atoms with Crippen molar-refractivity contribution in [2.45, 2.75) is 25.3 Å². The maximum absolute atomic E-state index is 13.9. The number of imidazole rings is 1. The predicted molar refractivity (Wildman–Crippen MR) is 75.5 cm³/mol. The maximum atomic E-state index is 13.9. The van der Waals surface area contributed by atoms with Crippen molar-refractivity contribution in [3.8, 4) is 0 Å². The molecule has 1 N–H and O–H groups in total. The minimum Gasteiger partial charge on any atom is -0.315 e. The second kappa shape index (κ2) is 5.44. The highest BCUT2D eigenvalue weighted by Gasteiger charge is 2.31. The number of imide groups is 1. The first-order chi connectivity index (χ1) is 10.1. The van der Waals surface area contributed by atoms with Crippen LogP contribution in [0.3, 0.4) is 0 Å². The summed E-state index contributed by atoms with van der Waals surface area (Å²) in [5.41, 5.74) is 0.770. The number of para-hydroxylation sites is 1. The molecule has 1 aromatic heterocycles. The van der Waals surface area contributed by atoms with Crippen LogP contribution in [-0.2, 0) is 16.0 Å². The highest BCUT2D eigenvalue weighted by molar-refractivity contribution is 6.18. The summed E-state index contributed by atoms with van der Waals surface area (Å²) in [4.78, 5) is 27.6. The Morgan fingerprint density at radius 2 is 2.24 bits per heavy atom. The first kappa shape index (κ1) is 14.0. The van der Waals surface area contributed by atoms with Gasteiger partial charge in [-0.05, 0) is 18.6 Å². The molecule has 2 aromatic rings. The summed E-state index contributed by atoms with van der Waals surface area (Å²) in [5, 5.41) is 2.31. The summed E-state index contributed by atoms with van der Waals surface area (Å²) >= 11 is 5.77. The van der Waals surface area contributed by atoms with E-state index < -0.39 is 11.9 Å². The van der Waals surface area contributed by atoms with Gasteiger partial charge in [0.1, 0.15) is 17.4 Å². The molecule has 1 aliphatic rings. The normalized spacial score (nSPS) is 19.0. The fraction of sp³-hybridized carbons (Fsp3) is 0.357. The van der Waals surface area contributed by atoms with Crippen molar-refractivity contribution < 1.29 is 14.0 Å². The largest absolute Gasteiger partial charge is 0.315 e. The minimum absolute atomic E-state index is 0.224. The highest BCUT2D eigenvalue weighted by Crippen LogP contribution is 2.28. The fourth-order valence-electron chi connectivity index (χ4n) is 2.67. The Morgan fingerprint density at radius 1 is 1.43 bits per heavy atom. The molecule has 2 heterocycles. The van der Waals surface area contributed by atoms with E-state index in [4.69, 9.17) is 11.6 Å². The van der Waals surface area contributed by atoms with E-state index in [0.29, 0.717) is 30.1 Å². The van der Waals surface area contributed by atoms with E-state index in [1.165, 1.54) is 6.07 Å². The fourth-order valence-corrected chi connectivity index (χ4v) is 2.84. The number of piperidine rings is 1. The number of hydrogen-bond acceptors (Lipinski definition) is 3. The molecule has 110 valence electrons. The second-order valence-corrected chi connectivity index (χ2v) is 5.29. The van der Waals surface area contributed by atoms with E-state index in [1.54, 1.807) is 16.7 Å². The Labute approximate surface area is 125 Å². The number of aromatic nitrogens is 2. The minimum atomic E-state index is -0.562. The maximum Gasteiger partial charge on any atom is 0.249 e. The van der Waals surface area contributed by atoms with Crippen molar-refractivity contribution in [1.29, 1.82) is 0 Å². The Balaban J connectivity index is 2.15. The Kier molecular flexibility index (Phi) is 3.63. The third kappa shape index (κ3) is 2.40. The molecule has 1 aromatic carbocycles. The zero-order valence-corrected chi connectivity index (χ0v) is 11.9. The number of fused-ring (bicyclic) bond motifs is 1. The van der Waals surface area contributed by atoms with Gasteiger partial charge in [-0.2, -0.15) is 0 Å². The molecule has 0 spiro atoms. The molecule has 2 amide bonds. The van der Waals surface area contributed by atoms with Crippen LogP contribution < -0.4 is 5.32 Å². The third-order valence-electron chi connectivity index (χ3n) is 3.58. The molecular formula is C14H13ClFN3O2. The van der Waals surface area contributed by atoms with E-state index in [-0.39, 0.29) is 23.8 Å². The molecule has 1 saturated heterocycles. The van der Waals surface area contributed by atoms with Crippen molar-refractivity contribution in [3.63, 3.8) is 0 Å². The number of alkyl halides is 1. The highest BCUT2D eigenvalue weighted by atomic mass is 35.5. The number of halogens is 2. The van der Waals surface area contributed by atoms with Gasteiger partial charge in [-0.1, -0.05) is 6.07 Å².